The van der Waals surface area contributed by atoms with Crippen molar-refractivity contribution in [3.63, 3.8) is 0 Å². The summed E-state index contributed by atoms with van der Waals surface area (Å²) in [7, 11) is 1.67. The molecule has 0 bridgehead atoms. The number of aliphatic hydroxyl groups excluding tert-OH is 1. The molecular formula is C21H37N3O3. The van der Waals surface area contributed by atoms with Crippen LogP contribution in [0.2, 0.25) is 0 Å². The topological polar surface area (TPSA) is 75.1 Å². The van der Waals surface area contributed by atoms with Gasteiger partial charge in [0.05, 0.1) is 13.7 Å². The minimum Gasteiger partial charge on any atom is -0.497 e. The van der Waals surface area contributed by atoms with Gasteiger partial charge >= 0.3 is 0 Å². The zero-order valence-electron chi connectivity index (χ0n) is 17.2. The summed E-state index contributed by atoms with van der Waals surface area (Å²) in [6.07, 6.45) is 3.95. The first-order valence-electron chi connectivity index (χ1n) is 10.1. The third-order valence-corrected chi connectivity index (χ3v) is 4.27. The Bertz CT molecular complexity index is 500. The molecule has 0 aliphatic rings. The first-order valence-corrected chi connectivity index (χ1v) is 10.1. The van der Waals surface area contributed by atoms with Gasteiger partial charge in [0.2, 0.25) is 0 Å². The molecule has 0 fully saturated rings. The van der Waals surface area contributed by atoms with Crippen LogP contribution >= 0.6 is 0 Å². The van der Waals surface area contributed by atoms with E-state index in [0.29, 0.717) is 19.1 Å². The van der Waals surface area contributed by atoms with Crippen LogP contribution in [-0.4, -0.2) is 51.0 Å². The van der Waals surface area contributed by atoms with E-state index >= 15 is 0 Å². The highest BCUT2D eigenvalue weighted by molar-refractivity contribution is 5.79. The van der Waals surface area contributed by atoms with Gasteiger partial charge in [-0.1, -0.05) is 25.5 Å². The van der Waals surface area contributed by atoms with Crippen molar-refractivity contribution in [1.82, 2.24) is 10.6 Å². The van der Waals surface area contributed by atoms with Gasteiger partial charge in [-0.3, -0.25) is 4.99 Å². The van der Waals surface area contributed by atoms with E-state index in [0.717, 1.165) is 62.6 Å². The van der Waals surface area contributed by atoms with Crippen LogP contribution in [0.1, 0.15) is 45.1 Å². The Hall–Kier alpha value is -1.79. The second-order valence-electron chi connectivity index (χ2n) is 6.57. The molecule has 1 aromatic carbocycles. The number of rotatable bonds is 14. The number of hydrogen-bond donors (Lipinski definition) is 3. The van der Waals surface area contributed by atoms with Gasteiger partial charge in [-0.25, -0.2) is 0 Å². The van der Waals surface area contributed by atoms with Crippen molar-refractivity contribution in [3.8, 4) is 5.75 Å². The molecule has 0 saturated carbocycles. The molecule has 6 heteroatoms. The third kappa shape index (κ3) is 10.8. The van der Waals surface area contributed by atoms with Gasteiger partial charge < -0.3 is 25.2 Å². The van der Waals surface area contributed by atoms with Gasteiger partial charge in [-0.05, 0) is 49.8 Å². The van der Waals surface area contributed by atoms with Gasteiger partial charge in [-0.2, -0.15) is 0 Å². The Labute approximate surface area is 164 Å². The summed E-state index contributed by atoms with van der Waals surface area (Å²) in [5.41, 5.74) is 1.14. The molecule has 1 atom stereocenters. The van der Waals surface area contributed by atoms with E-state index in [4.69, 9.17) is 14.6 Å². The quantitative estimate of drug-likeness (QED) is 0.263. The molecule has 27 heavy (non-hydrogen) atoms. The molecule has 1 unspecified atom stereocenters. The van der Waals surface area contributed by atoms with E-state index in [-0.39, 0.29) is 6.61 Å². The molecule has 154 valence electrons. The zero-order valence-corrected chi connectivity index (χ0v) is 17.2. The van der Waals surface area contributed by atoms with E-state index in [2.05, 4.69) is 29.5 Å². The predicted molar refractivity (Wildman–Crippen MR) is 111 cm³/mol. The highest BCUT2D eigenvalue weighted by atomic mass is 16.5. The smallest absolute Gasteiger partial charge is 0.191 e. The second kappa shape index (κ2) is 15.3. The third-order valence-electron chi connectivity index (χ3n) is 4.27. The molecule has 0 amide bonds. The fraction of sp³-hybridized carbons (Fsp3) is 0.667. The minimum atomic E-state index is 0.232. The molecule has 0 saturated heterocycles. The van der Waals surface area contributed by atoms with E-state index in [1.54, 1.807) is 7.11 Å². The Kier molecular flexibility index (Phi) is 13.2. The average Bonchev–Trinajstić information content (AvgIpc) is 2.69. The normalized spacial score (nSPS) is 12.7. The molecule has 0 aromatic heterocycles. The monoisotopic (exact) mass is 379 g/mol. The van der Waals surface area contributed by atoms with Crippen molar-refractivity contribution in [1.29, 1.82) is 0 Å². The number of hydrogen-bond acceptors (Lipinski definition) is 4. The maximum Gasteiger partial charge on any atom is 0.191 e. The standard InChI is InChI=1S/C21H37N3O3/c1-4-7-18(12-14-25)16-24-21(22-5-2)23-13-6-15-27-17-19-8-10-20(26-3)11-9-19/h8-11,18,25H,4-7,12-17H2,1-3H3,(H2,22,23,24). The second-order valence-corrected chi connectivity index (χ2v) is 6.57. The van der Waals surface area contributed by atoms with Crippen molar-refractivity contribution < 1.29 is 14.6 Å². The molecule has 1 rings (SSSR count). The summed E-state index contributed by atoms with van der Waals surface area (Å²) >= 11 is 0. The molecule has 0 spiro atoms. The van der Waals surface area contributed by atoms with Crippen molar-refractivity contribution in [2.24, 2.45) is 10.9 Å². The summed E-state index contributed by atoms with van der Waals surface area (Å²) in [5, 5.41) is 15.8. The summed E-state index contributed by atoms with van der Waals surface area (Å²) < 4.78 is 10.9. The summed E-state index contributed by atoms with van der Waals surface area (Å²) in [4.78, 5) is 4.66. The molecule has 0 radical (unpaired) electrons. The lowest BCUT2D eigenvalue weighted by Gasteiger charge is -2.15. The molecule has 0 aliphatic carbocycles. The maximum absolute atomic E-state index is 9.16. The van der Waals surface area contributed by atoms with Crippen LogP contribution in [0.5, 0.6) is 5.75 Å². The van der Waals surface area contributed by atoms with Crippen LogP contribution in [0, 0.1) is 5.92 Å². The van der Waals surface area contributed by atoms with Crippen molar-refractivity contribution in [2.75, 3.05) is 40.0 Å². The number of aliphatic imine (C=N–C) groups is 1. The van der Waals surface area contributed by atoms with Crippen molar-refractivity contribution in [2.45, 2.75) is 46.1 Å². The van der Waals surface area contributed by atoms with E-state index in [1.807, 2.05) is 24.3 Å². The van der Waals surface area contributed by atoms with Crippen LogP contribution in [0.4, 0.5) is 0 Å². The summed E-state index contributed by atoms with van der Waals surface area (Å²) in [5.74, 6) is 2.15. The van der Waals surface area contributed by atoms with Crippen LogP contribution in [0.15, 0.2) is 29.3 Å². The Morgan fingerprint density at radius 2 is 1.93 bits per heavy atom. The Balaban J connectivity index is 2.25. The van der Waals surface area contributed by atoms with Crippen molar-refractivity contribution in [3.05, 3.63) is 29.8 Å². The number of nitrogens with one attached hydrogen (secondary N) is 2. The van der Waals surface area contributed by atoms with E-state index < -0.39 is 0 Å². The van der Waals surface area contributed by atoms with Crippen molar-refractivity contribution >= 4 is 5.96 Å². The van der Waals surface area contributed by atoms with Crippen LogP contribution in [-0.2, 0) is 11.3 Å². The fourth-order valence-electron chi connectivity index (χ4n) is 2.77. The number of guanidine groups is 1. The van der Waals surface area contributed by atoms with Gasteiger partial charge in [0, 0.05) is 32.8 Å². The largest absolute Gasteiger partial charge is 0.497 e. The molecule has 0 aliphatic heterocycles. The van der Waals surface area contributed by atoms with Gasteiger partial charge in [0.25, 0.3) is 0 Å². The lowest BCUT2D eigenvalue weighted by Crippen LogP contribution is -2.38. The van der Waals surface area contributed by atoms with Crippen LogP contribution < -0.4 is 15.4 Å². The molecular weight excluding hydrogens is 342 g/mol. The lowest BCUT2D eigenvalue weighted by molar-refractivity contribution is 0.119. The number of nitrogens with zero attached hydrogens (tertiary/aromatic N) is 1. The zero-order chi connectivity index (χ0) is 19.7. The number of aliphatic hydroxyl groups is 1. The summed E-state index contributed by atoms with van der Waals surface area (Å²) in [6, 6.07) is 7.93. The van der Waals surface area contributed by atoms with E-state index in [1.165, 1.54) is 0 Å². The minimum absolute atomic E-state index is 0.232. The lowest BCUT2D eigenvalue weighted by atomic mass is 10.0. The first kappa shape index (κ1) is 23.2. The Morgan fingerprint density at radius 3 is 2.56 bits per heavy atom. The molecule has 1 aromatic rings. The maximum atomic E-state index is 9.16. The van der Waals surface area contributed by atoms with Crippen LogP contribution in [0.25, 0.3) is 0 Å². The summed E-state index contributed by atoms with van der Waals surface area (Å²) in [6.45, 7) is 8.16. The highest BCUT2D eigenvalue weighted by Gasteiger charge is 2.07. The average molecular weight is 380 g/mol. The number of benzene rings is 1. The van der Waals surface area contributed by atoms with Gasteiger partial charge in [0.15, 0.2) is 5.96 Å². The van der Waals surface area contributed by atoms with Crippen LogP contribution in [0.3, 0.4) is 0 Å². The van der Waals surface area contributed by atoms with E-state index in [9.17, 15) is 0 Å². The first-order chi connectivity index (χ1) is 13.2. The number of methoxy groups -OCH3 is 1. The SMILES string of the molecule is CCCC(CCO)CN=C(NCC)NCCCOCc1ccc(OC)cc1. The predicted octanol–water partition coefficient (Wildman–Crippen LogP) is 2.96. The highest BCUT2D eigenvalue weighted by Crippen LogP contribution is 2.12. The van der Waals surface area contributed by atoms with Gasteiger partial charge in [-0.15, -0.1) is 0 Å². The molecule has 3 N–H and O–H groups in total. The molecule has 6 nitrogen and oxygen atoms in total. The fourth-order valence-corrected chi connectivity index (χ4v) is 2.77. The van der Waals surface area contributed by atoms with Gasteiger partial charge in [0.1, 0.15) is 5.75 Å². The molecule has 0 heterocycles. The Morgan fingerprint density at radius 1 is 1.15 bits per heavy atom. The number of ether oxygens (including phenoxy) is 2.